The third-order valence-electron chi connectivity index (χ3n) is 13.4. The molecule has 68 heavy (non-hydrogen) atoms. The quantitative estimate of drug-likeness (QED) is 0.152. The average Bonchev–Trinajstić information content (AvgIpc) is 3.96. The lowest BCUT2D eigenvalue weighted by Gasteiger charge is -2.33. The van der Waals surface area contributed by atoms with Crippen molar-refractivity contribution in [1.82, 2.24) is 29.5 Å². The van der Waals surface area contributed by atoms with Crippen LogP contribution in [0.25, 0.3) is 95.4 Å². The van der Waals surface area contributed by atoms with Crippen LogP contribution in [0.15, 0.2) is 243 Å². The van der Waals surface area contributed by atoms with Crippen molar-refractivity contribution in [1.29, 1.82) is 0 Å². The first-order valence-corrected chi connectivity index (χ1v) is 22.9. The number of imidazole rings is 1. The molecule has 0 bridgehead atoms. The largest absolute Gasteiger partial charge is 0.290 e. The van der Waals surface area contributed by atoms with E-state index in [-0.39, 0.29) is 0 Å². The molecule has 0 atom stereocenters. The summed E-state index contributed by atoms with van der Waals surface area (Å²) < 4.78 is 2.24. The molecule has 0 saturated carbocycles. The highest BCUT2D eigenvalue weighted by Crippen LogP contribution is 2.58. The van der Waals surface area contributed by atoms with Gasteiger partial charge in [0.05, 0.1) is 22.1 Å². The van der Waals surface area contributed by atoms with Crippen LogP contribution in [0.4, 0.5) is 0 Å². The molecule has 0 radical (unpaired) electrons. The maximum absolute atomic E-state index is 5.36. The van der Waals surface area contributed by atoms with Crippen LogP contribution in [0.5, 0.6) is 0 Å². The maximum atomic E-state index is 5.36. The number of aromatic nitrogens is 6. The number of fused-ring (bicyclic) bond motifs is 5. The molecule has 0 amide bonds. The Kier molecular flexibility index (Phi) is 9.29. The van der Waals surface area contributed by atoms with Crippen LogP contribution in [-0.2, 0) is 5.41 Å². The molecule has 1 aliphatic rings. The lowest BCUT2D eigenvalue weighted by molar-refractivity contribution is 0.768. The van der Waals surface area contributed by atoms with Crippen LogP contribution >= 0.6 is 0 Å². The second-order valence-electron chi connectivity index (χ2n) is 17.2. The van der Waals surface area contributed by atoms with Gasteiger partial charge in [-0.3, -0.25) is 9.55 Å². The highest BCUT2D eigenvalue weighted by Gasteiger charge is 2.47. The molecule has 0 saturated heterocycles. The van der Waals surface area contributed by atoms with Crippen molar-refractivity contribution in [2.45, 2.75) is 5.41 Å². The van der Waals surface area contributed by atoms with Crippen molar-refractivity contribution in [2.75, 3.05) is 0 Å². The summed E-state index contributed by atoms with van der Waals surface area (Å²) in [5.41, 5.74) is 15.4. The fourth-order valence-electron chi connectivity index (χ4n) is 10.5. The van der Waals surface area contributed by atoms with Gasteiger partial charge in [0, 0.05) is 28.3 Å². The molecule has 0 N–H and O–H groups in total. The Labute approximate surface area is 393 Å². The first kappa shape index (κ1) is 39.3. The van der Waals surface area contributed by atoms with Crippen molar-refractivity contribution in [3.05, 3.63) is 265 Å². The minimum Gasteiger partial charge on any atom is -0.290 e. The minimum atomic E-state index is -0.547. The summed E-state index contributed by atoms with van der Waals surface area (Å²) in [5.74, 6) is 2.66. The Morgan fingerprint density at radius 2 is 0.926 bits per heavy atom. The molecule has 13 rings (SSSR count). The van der Waals surface area contributed by atoms with Gasteiger partial charge in [-0.1, -0.05) is 206 Å². The SMILES string of the molecule is c1ccc(-c2nc(-c3ccc(-c4ccc(-n5c(-c6ccccn6)nc6ccccc65)c5ccccc45)cc3)nc(-c3cccc4c3-c3ccccc3C4(c3ccccc3)c3ccccc3)n2)cc1. The predicted octanol–water partition coefficient (Wildman–Crippen LogP) is 14.5. The molecule has 0 fully saturated rings. The highest BCUT2D eigenvalue weighted by molar-refractivity contribution is 6.03. The Balaban J connectivity index is 0.952. The molecule has 3 aromatic heterocycles. The van der Waals surface area contributed by atoms with Gasteiger partial charge >= 0.3 is 0 Å². The van der Waals surface area contributed by atoms with Gasteiger partial charge in [0.2, 0.25) is 0 Å². The van der Waals surface area contributed by atoms with Crippen LogP contribution in [0.1, 0.15) is 22.3 Å². The Morgan fingerprint density at radius 1 is 0.353 bits per heavy atom. The third kappa shape index (κ3) is 6.22. The smallest absolute Gasteiger partial charge is 0.164 e. The molecule has 12 aromatic rings. The first-order chi connectivity index (χ1) is 33.7. The van der Waals surface area contributed by atoms with Gasteiger partial charge in [-0.15, -0.1) is 0 Å². The van der Waals surface area contributed by atoms with Crippen molar-refractivity contribution >= 4 is 21.8 Å². The van der Waals surface area contributed by atoms with E-state index in [1.807, 2.05) is 48.7 Å². The summed E-state index contributed by atoms with van der Waals surface area (Å²) in [6.45, 7) is 0. The highest BCUT2D eigenvalue weighted by atomic mass is 15.1. The van der Waals surface area contributed by atoms with E-state index < -0.39 is 5.41 Å². The fourth-order valence-corrected chi connectivity index (χ4v) is 10.5. The van der Waals surface area contributed by atoms with Crippen molar-refractivity contribution < 1.29 is 0 Å². The molecule has 0 unspecified atom stereocenters. The molecule has 3 heterocycles. The van der Waals surface area contributed by atoms with Crippen LogP contribution in [0, 0.1) is 0 Å². The predicted molar refractivity (Wildman–Crippen MR) is 274 cm³/mol. The molecule has 9 aromatic carbocycles. The van der Waals surface area contributed by atoms with E-state index in [9.17, 15) is 0 Å². The molecule has 6 nitrogen and oxygen atoms in total. The van der Waals surface area contributed by atoms with Gasteiger partial charge in [0.1, 0.15) is 5.69 Å². The second kappa shape index (κ2) is 16.1. The number of hydrogen-bond donors (Lipinski definition) is 0. The summed E-state index contributed by atoms with van der Waals surface area (Å²) in [4.78, 5) is 25.6. The molecule has 6 heteroatoms. The van der Waals surface area contributed by atoms with E-state index in [0.29, 0.717) is 17.5 Å². The van der Waals surface area contributed by atoms with Crippen LogP contribution < -0.4 is 0 Å². The van der Waals surface area contributed by atoms with Gasteiger partial charge in [-0.2, -0.15) is 0 Å². The van der Waals surface area contributed by atoms with E-state index in [1.165, 1.54) is 27.8 Å². The molecule has 0 aliphatic heterocycles. The van der Waals surface area contributed by atoms with Gasteiger partial charge in [0.15, 0.2) is 23.3 Å². The van der Waals surface area contributed by atoms with E-state index in [4.69, 9.17) is 24.9 Å². The van der Waals surface area contributed by atoms with Gasteiger partial charge in [0.25, 0.3) is 0 Å². The molecular formula is C62H40N6. The monoisotopic (exact) mass is 868 g/mol. The summed E-state index contributed by atoms with van der Waals surface area (Å²) in [5, 5.41) is 2.25. The summed E-state index contributed by atoms with van der Waals surface area (Å²) in [6, 6.07) is 83.3. The fraction of sp³-hybridized carbons (Fsp3) is 0.0161. The Morgan fingerprint density at radius 3 is 1.66 bits per heavy atom. The van der Waals surface area contributed by atoms with E-state index in [2.05, 4.69) is 199 Å². The Bertz CT molecular complexity index is 3790. The molecule has 1 aliphatic carbocycles. The number of nitrogens with zero attached hydrogens (tertiary/aromatic N) is 6. The number of pyridine rings is 1. The average molecular weight is 869 g/mol. The van der Waals surface area contributed by atoms with Crippen molar-refractivity contribution in [2.24, 2.45) is 0 Å². The van der Waals surface area contributed by atoms with Gasteiger partial charge < -0.3 is 0 Å². The summed E-state index contributed by atoms with van der Waals surface area (Å²) in [7, 11) is 0. The first-order valence-electron chi connectivity index (χ1n) is 22.9. The van der Waals surface area contributed by atoms with Crippen LogP contribution in [0.2, 0.25) is 0 Å². The van der Waals surface area contributed by atoms with Gasteiger partial charge in [-0.25, -0.2) is 19.9 Å². The van der Waals surface area contributed by atoms with Crippen LogP contribution in [-0.4, -0.2) is 29.5 Å². The standard InChI is InChI=1S/C62H40N6/c1-4-19-42(20-5-1)58-65-59(67-60(66-58)50-28-18-30-52-57(50)49-27-12-13-29-51(49)62(52,44-21-6-2-7-22-44)45-23-8-3-9-24-45)43-36-34-41(35-37-43)46-38-39-55(48-26-11-10-25-47(46)48)68-56-33-15-14-31-53(56)64-61(68)54-32-16-17-40-63-54/h1-40H. The third-order valence-corrected chi connectivity index (χ3v) is 13.4. The van der Waals surface area contributed by atoms with Crippen LogP contribution in [0.3, 0.4) is 0 Å². The second-order valence-corrected chi connectivity index (χ2v) is 17.2. The summed E-state index contributed by atoms with van der Waals surface area (Å²) >= 11 is 0. The lowest BCUT2D eigenvalue weighted by atomic mass is 9.67. The normalized spacial score (nSPS) is 12.5. The number of hydrogen-bond acceptors (Lipinski definition) is 5. The maximum Gasteiger partial charge on any atom is 0.164 e. The minimum absolute atomic E-state index is 0.547. The zero-order chi connectivity index (χ0) is 45.0. The zero-order valence-corrected chi connectivity index (χ0v) is 36.8. The number of benzene rings is 9. The summed E-state index contributed by atoms with van der Waals surface area (Å²) in [6.07, 6.45) is 1.82. The lowest BCUT2D eigenvalue weighted by Crippen LogP contribution is -2.28. The molecule has 318 valence electrons. The zero-order valence-electron chi connectivity index (χ0n) is 36.8. The van der Waals surface area contributed by atoms with E-state index >= 15 is 0 Å². The topological polar surface area (TPSA) is 69.4 Å². The molecule has 0 spiro atoms. The van der Waals surface area contributed by atoms with Crippen molar-refractivity contribution in [3.63, 3.8) is 0 Å². The Hall–Kier alpha value is -9.13. The number of rotatable bonds is 8. The number of para-hydroxylation sites is 2. The van der Waals surface area contributed by atoms with Crippen molar-refractivity contribution in [3.8, 4) is 73.6 Å². The van der Waals surface area contributed by atoms with Gasteiger partial charge in [-0.05, 0) is 80.2 Å². The molecular weight excluding hydrogens is 829 g/mol. The van der Waals surface area contributed by atoms with E-state index in [0.717, 1.165) is 72.4 Å². The van der Waals surface area contributed by atoms with E-state index in [1.54, 1.807) is 0 Å².